The number of rotatable bonds is 4. The van der Waals surface area contributed by atoms with E-state index in [4.69, 9.17) is 0 Å². The molecule has 2 aromatic heterocycles. The number of aryl methyl sites for hydroxylation is 1. The van der Waals surface area contributed by atoms with E-state index in [9.17, 15) is 9.59 Å². The highest BCUT2D eigenvalue weighted by Gasteiger charge is 2.28. The molecule has 8 heteroatoms. The van der Waals surface area contributed by atoms with Crippen LogP contribution in [0.3, 0.4) is 0 Å². The summed E-state index contributed by atoms with van der Waals surface area (Å²) in [6.45, 7) is 3.88. The van der Waals surface area contributed by atoms with Crippen molar-refractivity contribution < 1.29 is 9.59 Å². The number of carbonyl (C=O) groups excluding carboxylic acids is 2. The molecule has 2 unspecified atom stereocenters. The number of nitrogens with zero attached hydrogens (tertiary/aromatic N) is 2. The molecule has 1 aromatic carbocycles. The molecule has 140 valence electrons. The van der Waals surface area contributed by atoms with Gasteiger partial charge in [0.1, 0.15) is 5.82 Å². The molecule has 4 N–H and O–H groups in total. The number of benzene rings is 1. The van der Waals surface area contributed by atoms with Gasteiger partial charge in [-0.1, -0.05) is 25.1 Å². The first kappa shape index (κ1) is 17.3. The minimum atomic E-state index is -0.497. The molecule has 0 radical (unpaired) electrons. The lowest BCUT2D eigenvalue weighted by atomic mass is 10.1. The lowest BCUT2D eigenvalue weighted by Crippen LogP contribution is -2.53. The SMILES string of the molecule is CCC1CC(=O)NC(n2nc(C)cc2NC(=O)c2c[nH]c3ccccc23)N1. The first-order chi connectivity index (χ1) is 13.0. The minimum absolute atomic E-state index is 0.0346. The summed E-state index contributed by atoms with van der Waals surface area (Å²) in [5.41, 5.74) is 2.21. The zero-order chi connectivity index (χ0) is 19.0. The average molecular weight is 366 g/mol. The predicted octanol–water partition coefficient (Wildman–Crippen LogP) is 2.27. The normalized spacial score (nSPS) is 19.9. The van der Waals surface area contributed by atoms with Gasteiger partial charge in [-0.25, -0.2) is 4.68 Å². The van der Waals surface area contributed by atoms with E-state index >= 15 is 0 Å². The lowest BCUT2D eigenvalue weighted by Gasteiger charge is -2.31. The lowest BCUT2D eigenvalue weighted by molar-refractivity contribution is -0.125. The van der Waals surface area contributed by atoms with Crippen LogP contribution < -0.4 is 16.0 Å². The third kappa shape index (κ3) is 3.31. The van der Waals surface area contributed by atoms with E-state index in [-0.39, 0.29) is 17.9 Å². The Balaban J connectivity index is 1.61. The van der Waals surface area contributed by atoms with Crippen LogP contribution in [0.15, 0.2) is 36.5 Å². The fraction of sp³-hybridized carbons (Fsp3) is 0.316. The summed E-state index contributed by atoms with van der Waals surface area (Å²) in [5, 5.41) is 14.5. The quantitative estimate of drug-likeness (QED) is 0.569. The molecule has 0 spiro atoms. The molecule has 0 bridgehead atoms. The second kappa shape index (κ2) is 6.88. The Morgan fingerprint density at radius 1 is 1.37 bits per heavy atom. The molecule has 1 saturated heterocycles. The van der Waals surface area contributed by atoms with Gasteiger partial charge in [-0.15, -0.1) is 0 Å². The van der Waals surface area contributed by atoms with Crippen molar-refractivity contribution in [3.05, 3.63) is 47.8 Å². The fourth-order valence-corrected chi connectivity index (χ4v) is 3.40. The Bertz CT molecular complexity index is 1000. The number of aromatic amines is 1. The summed E-state index contributed by atoms with van der Waals surface area (Å²) in [7, 11) is 0. The third-order valence-electron chi connectivity index (χ3n) is 4.79. The Morgan fingerprint density at radius 3 is 3.00 bits per heavy atom. The minimum Gasteiger partial charge on any atom is -0.360 e. The van der Waals surface area contributed by atoms with Crippen molar-refractivity contribution in [2.45, 2.75) is 39.0 Å². The Morgan fingerprint density at radius 2 is 2.19 bits per heavy atom. The number of fused-ring (bicyclic) bond motifs is 1. The van der Waals surface area contributed by atoms with Crippen molar-refractivity contribution in [2.75, 3.05) is 5.32 Å². The van der Waals surface area contributed by atoms with Crippen molar-refractivity contribution in [3.8, 4) is 0 Å². The van der Waals surface area contributed by atoms with Crippen molar-refractivity contribution in [1.29, 1.82) is 0 Å². The van der Waals surface area contributed by atoms with Gasteiger partial charge in [0.15, 0.2) is 6.29 Å². The summed E-state index contributed by atoms with van der Waals surface area (Å²) in [5.74, 6) is 0.257. The number of anilines is 1. The number of hydrogen-bond donors (Lipinski definition) is 4. The maximum absolute atomic E-state index is 12.8. The molecule has 3 aromatic rings. The molecule has 2 amide bonds. The maximum atomic E-state index is 12.8. The van der Waals surface area contributed by atoms with Gasteiger partial charge >= 0.3 is 0 Å². The fourth-order valence-electron chi connectivity index (χ4n) is 3.40. The van der Waals surface area contributed by atoms with Gasteiger partial charge in [-0.2, -0.15) is 5.10 Å². The van der Waals surface area contributed by atoms with Crippen LogP contribution in [0, 0.1) is 6.92 Å². The molecular formula is C19H22N6O2. The van der Waals surface area contributed by atoms with E-state index < -0.39 is 6.29 Å². The largest absolute Gasteiger partial charge is 0.360 e. The number of aromatic nitrogens is 3. The highest BCUT2D eigenvalue weighted by molar-refractivity contribution is 6.12. The standard InChI is InChI=1S/C19H22N6O2/c1-3-12-9-17(26)23-19(21-12)25-16(8-11(2)24-25)22-18(27)14-10-20-15-7-5-4-6-13(14)15/h4-8,10,12,19-21H,3,9H2,1-2H3,(H,22,27)(H,23,26). The molecule has 27 heavy (non-hydrogen) atoms. The summed E-state index contributed by atoms with van der Waals surface area (Å²) in [4.78, 5) is 27.9. The van der Waals surface area contributed by atoms with E-state index in [0.717, 1.165) is 23.0 Å². The van der Waals surface area contributed by atoms with Gasteiger partial charge in [-0.05, 0) is 19.4 Å². The third-order valence-corrected chi connectivity index (χ3v) is 4.79. The van der Waals surface area contributed by atoms with Crippen molar-refractivity contribution in [2.24, 2.45) is 0 Å². The van der Waals surface area contributed by atoms with Crippen LogP contribution in [-0.4, -0.2) is 32.6 Å². The molecule has 4 rings (SSSR count). The zero-order valence-electron chi connectivity index (χ0n) is 15.2. The maximum Gasteiger partial charge on any atom is 0.258 e. The smallest absolute Gasteiger partial charge is 0.258 e. The molecule has 1 fully saturated rings. The monoisotopic (exact) mass is 366 g/mol. The Labute approximate surface area is 156 Å². The van der Waals surface area contributed by atoms with Gasteiger partial charge in [0.25, 0.3) is 5.91 Å². The number of nitrogens with one attached hydrogen (secondary N) is 4. The number of H-pyrrole nitrogens is 1. The van der Waals surface area contributed by atoms with Crippen molar-refractivity contribution in [3.63, 3.8) is 0 Å². The van der Waals surface area contributed by atoms with Crippen molar-refractivity contribution >= 4 is 28.5 Å². The van der Waals surface area contributed by atoms with E-state index in [2.05, 4.69) is 26.0 Å². The molecule has 8 nitrogen and oxygen atoms in total. The van der Waals surface area contributed by atoms with Crippen LogP contribution in [0.5, 0.6) is 0 Å². The topological polar surface area (TPSA) is 104 Å². The second-order valence-electron chi connectivity index (χ2n) is 6.76. The number of para-hydroxylation sites is 1. The van der Waals surface area contributed by atoms with Crippen LogP contribution in [0.25, 0.3) is 10.9 Å². The first-order valence-electron chi connectivity index (χ1n) is 9.04. The van der Waals surface area contributed by atoms with Gasteiger partial charge in [0, 0.05) is 35.6 Å². The summed E-state index contributed by atoms with van der Waals surface area (Å²) in [6.07, 6.45) is 2.47. The van der Waals surface area contributed by atoms with Gasteiger partial charge in [0.2, 0.25) is 5.91 Å². The summed E-state index contributed by atoms with van der Waals surface area (Å²) in [6, 6.07) is 9.50. The first-order valence-corrected chi connectivity index (χ1v) is 9.04. The van der Waals surface area contributed by atoms with E-state index in [1.165, 1.54) is 0 Å². The molecule has 1 aliphatic rings. The van der Waals surface area contributed by atoms with Crippen LogP contribution in [0.1, 0.15) is 42.1 Å². The number of hydrogen-bond acceptors (Lipinski definition) is 4. The number of carbonyl (C=O) groups is 2. The molecule has 2 atom stereocenters. The summed E-state index contributed by atoms with van der Waals surface area (Å²) >= 11 is 0. The van der Waals surface area contributed by atoms with E-state index in [0.29, 0.717) is 17.8 Å². The van der Waals surface area contributed by atoms with Crippen LogP contribution >= 0.6 is 0 Å². The Kier molecular flexibility index (Phi) is 4.41. The van der Waals surface area contributed by atoms with Crippen molar-refractivity contribution in [1.82, 2.24) is 25.4 Å². The second-order valence-corrected chi connectivity index (χ2v) is 6.76. The molecular weight excluding hydrogens is 344 g/mol. The van der Waals surface area contributed by atoms with Crippen LogP contribution in [0.2, 0.25) is 0 Å². The molecule has 1 aliphatic heterocycles. The number of amides is 2. The van der Waals surface area contributed by atoms with E-state index in [1.54, 1.807) is 16.9 Å². The molecule has 3 heterocycles. The van der Waals surface area contributed by atoms with Gasteiger partial charge < -0.3 is 15.6 Å². The zero-order valence-corrected chi connectivity index (χ0v) is 15.2. The summed E-state index contributed by atoms with van der Waals surface area (Å²) < 4.78 is 1.61. The highest BCUT2D eigenvalue weighted by Crippen LogP contribution is 2.22. The highest BCUT2D eigenvalue weighted by atomic mass is 16.2. The van der Waals surface area contributed by atoms with Gasteiger partial charge in [0.05, 0.1) is 11.3 Å². The molecule has 0 aliphatic carbocycles. The molecule has 0 saturated carbocycles. The average Bonchev–Trinajstić information content (AvgIpc) is 3.24. The van der Waals surface area contributed by atoms with Crippen LogP contribution in [0.4, 0.5) is 5.82 Å². The van der Waals surface area contributed by atoms with E-state index in [1.807, 2.05) is 38.1 Å². The van der Waals surface area contributed by atoms with Crippen LogP contribution in [-0.2, 0) is 4.79 Å². The predicted molar refractivity (Wildman–Crippen MR) is 102 cm³/mol. The Hall–Kier alpha value is -3.13. The van der Waals surface area contributed by atoms with Gasteiger partial charge in [-0.3, -0.25) is 14.9 Å².